The van der Waals surface area contributed by atoms with E-state index < -0.39 is 181 Å². The number of nitrogens with one attached hydrogen (secondary N) is 8. The van der Waals surface area contributed by atoms with Crippen LogP contribution in [0.25, 0.3) is 0 Å². The van der Waals surface area contributed by atoms with Crippen molar-refractivity contribution in [1.82, 2.24) is 52.5 Å². The van der Waals surface area contributed by atoms with Crippen LogP contribution in [0.2, 0.25) is 0 Å². The van der Waals surface area contributed by atoms with Gasteiger partial charge in [0.2, 0.25) is 35.4 Å². The lowest BCUT2D eigenvalue weighted by molar-refractivity contribution is -0.143. The van der Waals surface area contributed by atoms with Gasteiger partial charge in [0, 0.05) is 12.4 Å². The summed E-state index contributed by atoms with van der Waals surface area (Å²) in [5, 5.41) is 96.3. The quantitative estimate of drug-likeness (QED) is 0.0281. The molecule has 2 rings (SSSR count). The zero-order valence-corrected chi connectivity index (χ0v) is 41.9. The first-order valence-corrected chi connectivity index (χ1v) is 24.2. The van der Waals surface area contributed by atoms with Gasteiger partial charge >= 0.3 is 23.9 Å². The number of aliphatic carboxylic acids is 4. The molecule has 0 spiro atoms. The molecular formula is C46H66N12O20. The van der Waals surface area contributed by atoms with Crippen LogP contribution in [-0.2, 0) is 47.9 Å². The van der Waals surface area contributed by atoms with Gasteiger partial charge < -0.3 is 94.9 Å². The summed E-state index contributed by atoms with van der Waals surface area (Å²) < 4.78 is 0. The van der Waals surface area contributed by atoms with Crippen molar-refractivity contribution >= 4 is 71.1 Å². The van der Waals surface area contributed by atoms with E-state index in [4.69, 9.17) is 11.5 Å². The lowest BCUT2D eigenvalue weighted by Gasteiger charge is -2.26. The number of aliphatic hydroxyl groups is 2. The highest BCUT2D eigenvalue weighted by Crippen LogP contribution is 2.15. The first kappa shape index (κ1) is 65.5. The van der Waals surface area contributed by atoms with Gasteiger partial charge in [0.25, 0.3) is 11.8 Å². The van der Waals surface area contributed by atoms with Gasteiger partial charge in [0.15, 0.2) is 11.4 Å². The van der Waals surface area contributed by atoms with Crippen molar-refractivity contribution in [3.63, 3.8) is 0 Å². The van der Waals surface area contributed by atoms with Gasteiger partial charge in [-0.05, 0) is 88.7 Å². The zero-order valence-electron chi connectivity index (χ0n) is 41.9. The Balaban J connectivity index is 2.48. The van der Waals surface area contributed by atoms with Gasteiger partial charge in [0.1, 0.15) is 59.8 Å². The molecule has 0 aliphatic carbocycles. The van der Waals surface area contributed by atoms with Gasteiger partial charge in [0.05, 0.1) is 26.1 Å². The Hall–Kier alpha value is -8.62. The predicted molar refractivity (Wildman–Crippen MR) is 264 cm³/mol. The molecule has 78 heavy (non-hydrogen) atoms. The summed E-state index contributed by atoms with van der Waals surface area (Å²) in [5.41, 5.74) is 9.92. The van der Waals surface area contributed by atoms with E-state index in [1.165, 1.54) is 12.1 Å². The van der Waals surface area contributed by atoms with E-state index in [0.29, 0.717) is 12.8 Å². The number of carboxylic acid groups (broad SMARTS) is 4. The fraction of sp³-hybridized carbons (Fsp3) is 0.522. The number of hydrogen-bond donors (Lipinski definition) is 18. The highest BCUT2D eigenvalue weighted by molar-refractivity contribution is 6.01. The molecule has 8 amide bonds. The number of carbonyl (C=O) groups is 12. The molecule has 0 unspecified atom stereocenters. The van der Waals surface area contributed by atoms with Crippen LogP contribution in [-0.4, -0.2) is 197 Å². The van der Waals surface area contributed by atoms with E-state index in [1.54, 1.807) is 0 Å². The summed E-state index contributed by atoms with van der Waals surface area (Å²) in [7, 11) is 0. The molecule has 32 heteroatoms. The summed E-state index contributed by atoms with van der Waals surface area (Å²) in [6.07, 6.45) is -0.626. The zero-order chi connectivity index (χ0) is 58.5. The fourth-order valence-corrected chi connectivity index (χ4v) is 7.12. The molecule has 0 fully saturated rings. The highest BCUT2D eigenvalue weighted by atomic mass is 16.4. The monoisotopic (exact) mass is 1110 g/mol. The maximum atomic E-state index is 13.8. The SMILES string of the molecule is NCCCC[C@H](NC(=O)[C@H](CCCC[C@H](NC(=O)[C@H](CC(=O)O)NC(=O)[C@H](CO)NC(=O)c1ncccc1O)C(=O)N[C@@H](CCCCN)C(=O)O)NC(=O)[C@H](CC(=O)O)NC(=O)[C@H](CO)NC(=O)c1ncccc1O)C(=O)O. The van der Waals surface area contributed by atoms with Crippen molar-refractivity contribution < 1.29 is 98.4 Å². The molecule has 0 aliphatic heterocycles. The Morgan fingerprint density at radius 2 is 0.692 bits per heavy atom. The molecular weight excluding hydrogens is 1040 g/mol. The van der Waals surface area contributed by atoms with Crippen molar-refractivity contribution in [2.75, 3.05) is 26.3 Å². The normalized spacial score (nSPS) is 13.9. The number of amides is 8. The molecule has 0 saturated heterocycles. The Morgan fingerprint density at radius 1 is 0.410 bits per heavy atom. The topological polar surface area (TPSA) is 541 Å². The minimum Gasteiger partial charge on any atom is -0.505 e. The number of carboxylic acids is 4. The van der Waals surface area contributed by atoms with E-state index >= 15 is 0 Å². The number of aliphatic hydroxyl groups excluding tert-OH is 2. The number of aromatic nitrogens is 2. The second-order valence-corrected chi connectivity index (χ2v) is 17.3. The maximum Gasteiger partial charge on any atom is 0.326 e. The van der Waals surface area contributed by atoms with Crippen LogP contribution >= 0.6 is 0 Å². The molecule has 20 N–H and O–H groups in total. The molecule has 0 radical (unpaired) electrons. The number of carbonyl (C=O) groups excluding carboxylic acids is 8. The lowest BCUT2D eigenvalue weighted by atomic mass is 10.0. The van der Waals surface area contributed by atoms with Crippen molar-refractivity contribution in [3.8, 4) is 11.5 Å². The van der Waals surface area contributed by atoms with Gasteiger partial charge in [-0.15, -0.1) is 0 Å². The number of nitrogens with zero attached hydrogens (tertiary/aromatic N) is 2. The van der Waals surface area contributed by atoms with Gasteiger partial charge in [-0.1, -0.05) is 12.8 Å². The average Bonchev–Trinajstić information content (AvgIpc) is 3.38. The second-order valence-electron chi connectivity index (χ2n) is 17.3. The van der Waals surface area contributed by atoms with Crippen LogP contribution in [0.5, 0.6) is 11.5 Å². The molecule has 0 saturated carbocycles. The first-order valence-electron chi connectivity index (χ1n) is 24.2. The van der Waals surface area contributed by atoms with Crippen molar-refractivity contribution in [3.05, 3.63) is 48.0 Å². The van der Waals surface area contributed by atoms with Crippen molar-refractivity contribution in [2.24, 2.45) is 11.5 Å². The van der Waals surface area contributed by atoms with Crippen molar-refractivity contribution in [2.45, 2.75) is 125 Å². The average molecular weight is 1110 g/mol. The Labute approximate surface area is 443 Å². The van der Waals surface area contributed by atoms with E-state index in [2.05, 4.69) is 52.5 Å². The van der Waals surface area contributed by atoms with Gasteiger partial charge in [-0.25, -0.2) is 19.6 Å². The molecule has 32 nitrogen and oxygen atoms in total. The molecule has 8 atom stereocenters. The Morgan fingerprint density at radius 3 is 0.987 bits per heavy atom. The third-order valence-electron chi connectivity index (χ3n) is 11.3. The van der Waals surface area contributed by atoms with Crippen LogP contribution in [0.3, 0.4) is 0 Å². The number of hydrogen-bond acceptors (Lipinski definition) is 20. The molecule has 0 aliphatic rings. The standard InChI is InChI=1S/C46H66N12O20/c47-15-5-3-11-25(45(75)76)53-37(67)23(51-39(69)27(19-33(63)64)55-41(71)29(21-59)57-43(73)35-31(61)13-7-17-49-35)9-1-2-10-24(38(68)54-26(46(77)78)12-4-6-16-48)52-40(70)28(20-34(65)66)56-42(72)30(22-60)58-44(74)36-32(62)14-8-18-50-36/h7-8,13-14,17-18,23-30,59-62H,1-6,9-12,15-16,19-22,47-48H2,(H,51,69)(H,52,70)(H,53,67)(H,54,68)(H,55,71)(H,56,72)(H,57,73)(H,58,74)(H,63,64)(H,65,66)(H,75,76)(H,77,78)/t23-,24-,25-,26-,27-,28-,29-,30-/m0/s1. The lowest BCUT2D eigenvalue weighted by Crippen LogP contribution is -2.58. The second kappa shape index (κ2) is 34.1. The molecule has 2 heterocycles. The third-order valence-corrected chi connectivity index (χ3v) is 11.3. The van der Waals surface area contributed by atoms with Crippen LogP contribution in [0.15, 0.2) is 36.7 Å². The first-order chi connectivity index (χ1) is 37.0. The summed E-state index contributed by atoms with van der Waals surface area (Å²) in [5.74, 6) is -17.5. The summed E-state index contributed by atoms with van der Waals surface area (Å²) in [6.45, 7) is -1.90. The number of pyridine rings is 2. The van der Waals surface area contributed by atoms with Crippen LogP contribution in [0.4, 0.5) is 0 Å². The number of aromatic hydroxyl groups is 2. The molecule has 2 aromatic heterocycles. The molecule has 0 aromatic carbocycles. The smallest absolute Gasteiger partial charge is 0.326 e. The number of nitrogens with two attached hydrogens (primary N) is 2. The van der Waals surface area contributed by atoms with Crippen LogP contribution < -0.4 is 54.0 Å². The van der Waals surface area contributed by atoms with E-state index in [-0.39, 0.29) is 51.6 Å². The number of unbranched alkanes of at least 4 members (excludes halogenated alkanes) is 3. The summed E-state index contributed by atoms with van der Waals surface area (Å²) in [4.78, 5) is 163. The largest absolute Gasteiger partial charge is 0.505 e. The van der Waals surface area contributed by atoms with E-state index in [0.717, 1.165) is 24.5 Å². The molecule has 0 bridgehead atoms. The van der Waals surface area contributed by atoms with Crippen LogP contribution in [0.1, 0.15) is 98.0 Å². The third kappa shape index (κ3) is 22.7. The van der Waals surface area contributed by atoms with E-state index in [9.17, 15) is 98.4 Å². The highest BCUT2D eigenvalue weighted by Gasteiger charge is 2.35. The van der Waals surface area contributed by atoms with Gasteiger partial charge in [-0.3, -0.25) is 47.9 Å². The minimum absolute atomic E-state index is 0.143. The van der Waals surface area contributed by atoms with Crippen molar-refractivity contribution in [1.29, 1.82) is 0 Å². The summed E-state index contributed by atoms with van der Waals surface area (Å²) in [6, 6.07) is -9.73. The van der Waals surface area contributed by atoms with E-state index in [1.807, 2.05) is 0 Å². The predicted octanol–water partition coefficient (Wildman–Crippen LogP) is -5.38. The Bertz CT molecular complexity index is 2270. The maximum absolute atomic E-state index is 13.8. The molecule has 430 valence electrons. The molecule has 2 aromatic rings. The van der Waals surface area contributed by atoms with Crippen LogP contribution in [0, 0.1) is 0 Å². The Kier molecular flexibility index (Phi) is 28.7. The summed E-state index contributed by atoms with van der Waals surface area (Å²) >= 11 is 0. The minimum atomic E-state index is -2.05. The fourth-order valence-electron chi connectivity index (χ4n) is 7.12. The number of rotatable bonds is 37. The van der Waals surface area contributed by atoms with Gasteiger partial charge in [-0.2, -0.15) is 0 Å².